The highest BCUT2D eigenvalue weighted by molar-refractivity contribution is 5.32. The van der Waals surface area contributed by atoms with E-state index in [1.54, 1.807) is 0 Å². The van der Waals surface area contributed by atoms with Gasteiger partial charge in [-0.25, -0.2) is 0 Å². The molecule has 0 saturated heterocycles. The Morgan fingerprint density at radius 3 is 1.67 bits per heavy atom. The zero-order valence-electron chi connectivity index (χ0n) is 6.00. The van der Waals surface area contributed by atoms with Gasteiger partial charge in [-0.1, -0.05) is 13.8 Å². The highest BCUT2D eigenvalue weighted by Crippen LogP contribution is 2.13. The van der Waals surface area contributed by atoms with Crippen molar-refractivity contribution >= 4 is 6.47 Å². The summed E-state index contributed by atoms with van der Waals surface area (Å²) in [6.45, 7) is 3.75. The van der Waals surface area contributed by atoms with E-state index >= 15 is 0 Å². The molecule has 3 heteroatoms. The second-order valence-electron chi connectivity index (χ2n) is 1.44. The van der Waals surface area contributed by atoms with Gasteiger partial charge in [0.05, 0.1) is 0 Å². The monoisotopic (exact) mass is 133 g/mol. The first-order valence-electron chi connectivity index (χ1n) is 3.14. The third-order valence-electron chi connectivity index (χ3n) is 0.622. The normalized spacial score (nSPS) is 13.7. The maximum atomic E-state index is 8.36. The fourth-order valence-electron chi connectivity index (χ4n) is 0.0962. The van der Waals surface area contributed by atoms with Crippen molar-refractivity contribution in [1.29, 1.82) is 0 Å². The standard InChI is InChI=1S/C3H7N.C2H6.CH2O2/c4-3-1-2-3;1-2;2-1-3/h3H,1-2,4H2;1-2H3;1H,(H,2,3). The van der Waals surface area contributed by atoms with E-state index in [4.69, 9.17) is 15.6 Å². The first-order chi connectivity index (χ1) is 4.31. The number of carbonyl (C=O) groups is 1. The second-order valence-corrected chi connectivity index (χ2v) is 1.44. The number of carboxylic acid groups (broad SMARTS) is 1. The quantitative estimate of drug-likeness (QED) is 0.481. The van der Waals surface area contributed by atoms with E-state index < -0.39 is 0 Å². The van der Waals surface area contributed by atoms with Gasteiger partial charge < -0.3 is 10.8 Å². The van der Waals surface area contributed by atoms with Crippen LogP contribution in [0.15, 0.2) is 0 Å². The van der Waals surface area contributed by atoms with Crippen molar-refractivity contribution in [2.75, 3.05) is 0 Å². The van der Waals surface area contributed by atoms with Crippen LogP contribution < -0.4 is 5.73 Å². The van der Waals surface area contributed by atoms with Crippen LogP contribution in [0.5, 0.6) is 0 Å². The van der Waals surface area contributed by atoms with Crippen molar-refractivity contribution < 1.29 is 9.90 Å². The Kier molecular flexibility index (Phi) is 13.0. The molecule has 9 heavy (non-hydrogen) atoms. The molecule has 1 rings (SSSR count). The van der Waals surface area contributed by atoms with E-state index in [2.05, 4.69) is 0 Å². The maximum Gasteiger partial charge on any atom is 0.290 e. The molecule has 3 N–H and O–H groups in total. The van der Waals surface area contributed by atoms with Gasteiger partial charge in [-0.15, -0.1) is 0 Å². The molecule has 1 aliphatic carbocycles. The van der Waals surface area contributed by atoms with Gasteiger partial charge >= 0.3 is 0 Å². The van der Waals surface area contributed by atoms with Gasteiger partial charge in [-0.05, 0) is 12.8 Å². The van der Waals surface area contributed by atoms with Crippen molar-refractivity contribution in [1.82, 2.24) is 0 Å². The SMILES string of the molecule is CC.NC1CC1.O=CO. The lowest BCUT2D eigenvalue weighted by Crippen LogP contribution is -1.94. The molecule has 0 heterocycles. The Balaban J connectivity index is 0. The lowest BCUT2D eigenvalue weighted by Gasteiger charge is -1.58. The van der Waals surface area contributed by atoms with Crippen LogP contribution in [0.4, 0.5) is 0 Å². The molecule has 0 aromatic carbocycles. The number of hydrogen-bond acceptors (Lipinski definition) is 2. The highest BCUT2D eigenvalue weighted by atomic mass is 16.3. The zero-order chi connectivity index (χ0) is 7.70. The van der Waals surface area contributed by atoms with Crippen molar-refractivity contribution in [3.63, 3.8) is 0 Å². The van der Waals surface area contributed by atoms with Crippen LogP contribution in [0.2, 0.25) is 0 Å². The fourth-order valence-corrected chi connectivity index (χ4v) is 0.0962. The van der Waals surface area contributed by atoms with Gasteiger partial charge in [0, 0.05) is 6.04 Å². The summed E-state index contributed by atoms with van der Waals surface area (Å²) in [6.07, 6.45) is 2.53. The molecule has 56 valence electrons. The fraction of sp³-hybridized carbons (Fsp3) is 0.833. The minimum atomic E-state index is -0.250. The predicted molar refractivity (Wildman–Crippen MR) is 37.3 cm³/mol. The van der Waals surface area contributed by atoms with E-state index in [-0.39, 0.29) is 6.47 Å². The van der Waals surface area contributed by atoms with Gasteiger partial charge in [-0.3, -0.25) is 4.79 Å². The largest absolute Gasteiger partial charge is 0.483 e. The Bertz CT molecular complexity index is 53.0. The molecular weight excluding hydrogens is 118 g/mol. The summed E-state index contributed by atoms with van der Waals surface area (Å²) in [4.78, 5) is 8.36. The Hall–Kier alpha value is -0.570. The summed E-state index contributed by atoms with van der Waals surface area (Å²) < 4.78 is 0. The molecular formula is C6H15NO2. The van der Waals surface area contributed by atoms with Crippen molar-refractivity contribution in [2.24, 2.45) is 5.73 Å². The molecule has 0 amide bonds. The third-order valence-corrected chi connectivity index (χ3v) is 0.622. The molecule has 0 unspecified atom stereocenters. The van der Waals surface area contributed by atoms with Crippen LogP contribution in [-0.4, -0.2) is 17.6 Å². The Labute approximate surface area is 55.9 Å². The first-order valence-corrected chi connectivity index (χ1v) is 3.14. The zero-order valence-corrected chi connectivity index (χ0v) is 6.00. The maximum absolute atomic E-state index is 8.36. The molecule has 0 aliphatic heterocycles. The minimum Gasteiger partial charge on any atom is -0.483 e. The number of hydrogen-bond donors (Lipinski definition) is 2. The molecule has 0 aromatic heterocycles. The van der Waals surface area contributed by atoms with Gasteiger partial charge in [0.15, 0.2) is 0 Å². The molecule has 0 aromatic rings. The topological polar surface area (TPSA) is 63.3 Å². The molecule has 0 atom stereocenters. The van der Waals surface area contributed by atoms with Crippen LogP contribution in [0.25, 0.3) is 0 Å². The number of nitrogens with two attached hydrogens (primary N) is 1. The average molecular weight is 133 g/mol. The van der Waals surface area contributed by atoms with Crippen LogP contribution in [0.3, 0.4) is 0 Å². The van der Waals surface area contributed by atoms with E-state index in [0.29, 0.717) is 6.04 Å². The van der Waals surface area contributed by atoms with Gasteiger partial charge in [0.2, 0.25) is 0 Å². The van der Waals surface area contributed by atoms with Crippen molar-refractivity contribution in [3.05, 3.63) is 0 Å². The summed E-state index contributed by atoms with van der Waals surface area (Å²) in [5.74, 6) is 0. The van der Waals surface area contributed by atoms with E-state index in [1.165, 1.54) is 12.8 Å². The molecule has 3 nitrogen and oxygen atoms in total. The predicted octanol–water partition coefficient (Wildman–Crippen LogP) is 0.834. The second kappa shape index (κ2) is 10.4. The summed E-state index contributed by atoms with van der Waals surface area (Å²) in [6, 6.07) is 0.583. The van der Waals surface area contributed by atoms with Crippen LogP contribution >= 0.6 is 0 Å². The highest BCUT2D eigenvalue weighted by Gasteiger charge is 2.13. The van der Waals surface area contributed by atoms with Crippen LogP contribution in [-0.2, 0) is 4.79 Å². The van der Waals surface area contributed by atoms with Gasteiger partial charge in [-0.2, -0.15) is 0 Å². The Morgan fingerprint density at radius 1 is 1.56 bits per heavy atom. The lowest BCUT2D eigenvalue weighted by atomic mass is 10.8. The van der Waals surface area contributed by atoms with E-state index in [9.17, 15) is 0 Å². The first kappa shape index (κ1) is 11.3. The van der Waals surface area contributed by atoms with Crippen LogP contribution in [0, 0.1) is 0 Å². The Morgan fingerprint density at radius 2 is 1.67 bits per heavy atom. The van der Waals surface area contributed by atoms with Crippen molar-refractivity contribution in [2.45, 2.75) is 32.7 Å². The summed E-state index contributed by atoms with van der Waals surface area (Å²) in [7, 11) is 0. The number of rotatable bonds is 0. The van der Waals surface area contributed by atoms with Gasteiger partial charge in [0.25, 0.3) is 6.47 Å². The minimum absolute atomic E-state index is 0.250. The molecule has 0 bridgehead atoms. The summed E-state index contributed by atoms with van der Waals surface area (Å²) >= 11 is 0. The van der Waals surface area contributed by atoms with E-state index in [1.807, 2.05) is 13.8 Å². The average Bonchev–Trinajstić information content (AvgIpc) is 2.59. The molecule has 0 radical (unpaired) electrons. The molecule has 1 aliphatic rings. The summed E-state index contributed by atoms with van der Waals surface area (Å²) in [5, 5.41) is 6.89. The van der Waals surface area contributed by atoms with Crippen molar-refractivity contribution in [3.8, 4) is 0 Å². The van der Waals surface area contributed by atoms with Gasteiger partial charge in [0.1, 0.15) is 0 Å². The smallest absolute Gasteiger partial charge is 0.290 e. The summed E-state index contributed by atoms with van der Waals surface area (Å²) in [5.41, 5.74) is 5.22. The molecule has 1 saturated carbocycles. The van der Waals surface area contributed by atoms with E-state index in [0.717, 1.165) is 0 Å². The molecule has 0 spiro atoms. The molecule has 1 fully saturated rings. The van der Waals surface area contributed by atoms with Crippen LogP contribution in [0.1, 0.15) is 26.7 Å². The third kappa shape index (κ3) is 37.1. The lowest BCUT2D eigenvalue weighted by molar-refractivity contribution is -0.122.